The molecule has 2 aromatic carbocycles. The van der Waals surface area contributed by atoms with Gasteiger partial charge in [-0.25, -0.2) is 8.78 Å². The summed E-state index contributed by atoms with van der Waals surface area (Å²) in [6.07, 6.45) is 1.14. The fourth-order valence-corrected chi connectivity index (χ4v) is 5.31. The largest absolute Gasteiger partial charge is 0.508 e. The van der Waals surface area contributed by atoms with E-state index in [0.717, 1.165) is 36.2 Å². The first kappa shape index (κ1) is 22.2. The Morgan fingerprint density at radius 3 is 2.72 bits per heavy atom. The highest BCUT2D eigenvalue weighted by Gasteiger charge is 2.50. The molecule has 2 bridgehead atoms. The number of carbonyl (C=O) groups excluding carboxylic acids is 2. The number of rotatable bonds is 5. The van der Waals surface area contributed by atoms with Crippen LogP contribution in [0.25, 0.3) is 0 Å². The Kier molecular flexibility index (Phi) is 5.67. The standard InChI is InChI=1S/C24H27F2N3O3/c1-24-7-8-29(2)20(9-13-3-5-15(30)11-18(13)24)22(24)28-21(31)12-17(23(27)32)16-6-4-14(25)10-19(16)26/h3-6,10-11,17,20,22,30H,7-9,12H2,1-2H3,(H2,27,32)(H,28,31)/t17?,20-,22-,24+/m1/s1. The number of phenolic OH excluding ortho intramolecular Hbond substituents is 1. The number of aromatic hydroxyl groups is 1. The molecule has 4 atom stereocenters. The van der Waals surface area contributed by atoms with Gasteiger partial charge in [0, 0.05) is 29.5 Å². The molecule has 1 fully saturated rings. The van der Waals surface area contributed by atoms with Gasteiger partial charge in [-0.2, -0.15) is 0 Å². The highest BCUT2D eigenvalue weighted by atomic mass is 19.1. The molecule has 1 aliphatic carbocycles. The molecule has 0 aromatic heterocycles. The summed E-state index contributed by atoms with van der Waals surface area (Å²) >= 11 is 0. The lowest BCUT2D eigenvalue weighted by Crippen LogP contribution is -2.67. The second kappa shape index (κ2) is 8.16. The first-order valence-electron chi connectivity index (χ1n) is 10.7. The maximum absolute atomic E-state index is 14.3. The van der Waals surface area contributed by atoms with Gasteiger partial charge < -0.3 is 21.1 Å². The van der Waals surface area contributed by atoms with Crippen LogP contribution in [0.15, 0.2) is 36.4 Å². The van der Waals surface area contributed by atoms with Crippen LogP contribution in [-0.2, 0) is 21.4 Å². The molecular weight excluding hydrogens is 416 g/mol. The average molecular weight is 443 g/mol. The third-order valence-corrected chi connectivity index (χ3v) is 7.15. The number of likely N-dealkylation sites (tertiary alicyclic amines) is 1. The molecule has 1 unspecified atom stereocenters. The van der Waals surface area contributed by atoms with Crippen LogP contribution in [0.5, 0.6) is 5.75 Å². The van der Waals surface area contributed by atoms with E-state index in [1.54, 1.807) is 12.1 Å². The fourth-order valence-electron chi connectivity index (χ4n) is 5.31. The van der Waals surface area contributed by atoms with Crippen LogP contribution in [0.2, 0.25) is 0 Å². The van der Waals surface area contributed by atoms with Gasteiger partial charge in [-0.1, -0.05) is 19.1 Å². The minimum atomic E-state index is -1.21. The van der Waals surface area contributed by atoms with Gasteiger partial charge in [-0.3, -0.25) is 9.59 Å². The lowest BCUT2D eigenvalue weighted by Gasteiger charge is -2.54. The van der Waals surface area contributed by atoms with Gasteiger partial charge in [-0.15, -0.1) is 0 Å². The Hall–Kier alpha value is -3.00. The zero-order valence-corrected chi connectivity index (χ0v) is 18.1. The van der Waals surface area contributed by atoms with Crippen molar-refractivity contribution in [2.24, 2.45) is 5.73 Å². The van der Waals surface area contributed by atoms with Crippen molar-refractivity contribution in [1.29, 1.82) is 0 Å². The maximum Gasteiger partial charge on any atom is 0.225 e. The number of carbonyl (C=O) groups is 2. The van der Waals surface area contributed by atoms with E-state index in [2.05, 4.69) is 17.1 Å². The lowest BCUT2D eigenvalue weighted by atomic mass is 9.61. The molecule has 4 rings (SSSR count). The number of primary amides is 1. The normalized spacial score (nSPS) is 25.6. The van der Waals surface area contributed by atoms with Crippen LogP contribution in [-0.4, -0.2) is 47.5 Å². The molecule has 2 aliphatic rings. The highest BCUT2D eigenvalue weighted by molar-refractivity contribution is 5.89. The Morgan fingerprint density at radius 2 is 2.03 bits per heavy atom. The van der Waals surface area contributed by atoms with Crippen molar-refractivity contribution in [2.75, 3.05) is 13.6 Å². The van der Waals surface area contributed by atoms with E-state index in [9.17, 15) is 23.5 Å². The molecule has 8 heteroatoms. The number of amides is 2. The van der Waals surface area contributed by atoms with Crippen molar-refractivity contribution >= 4 is 11.8 Å². The van der Waals surface area contributed by atoms with Crippen molar-refractivity contribution in [3.8, 4) is 5.75 Å². The number of likely N-dealkylation sites (N-methyl/N-ethyl adjacent to an activating group) is 1. The van der Waals surface area contributed by atoms with E-state index >= 15 is 0 Å². The summed E-state index contributed by atoms with van der Waals surface area (Å²) < 4.78 is 27.5. The molecule has 1 heterocycles. The third kappa shape index (κ3) is 3.83. The number of fused-ring (bicyclic) bond motifs is 4. The van der Waals surface area contributed by atoms with Crippen LogP contribution >= 0.6 is 0 Å². The van der Waals surface area contributed by atoms with Crippen molar-refractivity contribution < 1.29 is 23.5 Å². The first-order valence-corrected chi connectivity index (χ1v) is 10.7. The third-order valence-electron chi connectivity index (χ3n) is 7.15. The Labute approximate surface area is 185 Å². The SMILES string of the molecule is CN1CC[C@@]2(C)c3cc(O)ccc3C[C@@H]1[C@H]2NC(=O)CC(C(N)=O)c1ccc(F)cc1F. The molecular formula is C24H27F2N3O3. The summed E-state index contributed by atoms with van der Waals surface area (Å²) in [7, 11) is 2.01. The molecule has 32 heavy (non-hydrogen) atoms. The Bertz CT molecular complexity index is 1080. The zero-order valence-electron chi connectivity index (χ0n) is 18.1. The summed E-state index contributed by atoms with van der Waals surface area (Å²) in [6, 6.07) is 7.98. The van der Waals surface area contributed by atoms with Crippen LogP contribution in [0.3, 0.4) is 0 Å². The second-order valence-corrected chi connectivity index (χ2v) is 9.13. The number of halogens is 2. The molecule has 0 radical (unpaired) electrons. The highest BCUT2D eigenvalue weighted by Crippen LogP contribution is 2.45. The number of benzene rings is 2. The van der Waals surface area contributed by atoms with Gasteiger partial charge >= 0.3 is 0 Å². The van der Waals surface area contributed by atoms with Crippen LogP contribution in [0.1, 0.15) is 42.4 Å². The molecule has 4 N–H and O–H groups in total. The van der Waals surface area contributed by atoms with E-state index in [-0.39, 0.29) is 29.8 Å². The minimum Gasteiger partial charge on any atom is -0.508 e. The van der Waals surface area contributed by atoms with E-state index < -0.39 is 34.8 Å². The molecule has 170 valence electrons. The molecule has 2 aromatic rings. The number of nitrogens with two attached hydrogens (primary N) is 1. The molecule has 1 saturated heterocycles. The maximum atomic E-state index is 14.3. The van der Waals surface area contributed by atoms with Gasteiger partial charge in [0.25, 0.3) is 0 Å². The number of nitrogens with zero attached hydrogens (tertiary/aromatic N) is 1. The van der Waals surface area contributed by atoms with Crippen molar-refractivity contribution in [3.63, 3.8) is 0 Å². The monoisotopic (exact) mass is 443 g/mol. The van der Waals surface area contributed by atoms with Crippen LogP contribution in [0.4, 0.5) is 8.78 Å². The Morgan fingerprint density at radius 1 is 1.28 bits per heavy atom. The number of hydrogen-bond acceptors (Lipinski definition) is 4. The summed E-state index contributed by atoms with van der Waals surface area (Å²) in [5, 5.41) is 13.1. The topological polar surface area (TPSA) is 95.7 Å². The van der Waals surface area contributed by atoms with Gasteiger partial charge in [-0.05, 0) is 55.8 Å². The number of hydrogen-bond donors (Lipinski definition) is 3. The number of nitrogens with one attached hydrogen (secondary N) is 1. The Balaban J connectivity index is 1.61. The van der Waals surface area contributed by atoms with Gasteiger partial charge in [0.05, 0.1) is 12.0 Å². The predicted octanol–water partition coefficient (Wildman–Crippen LogP) is 2.33. The van der Waals surface area contributed by atoms with Crippen molar-refractivity contribution in [2.45, 2.75) is 49.6 Å². The van der Waals surface area contributed by atoms with E-state index in [1.165, 1.54) is 0 Å². The van der Waals surface area contributed by atoms with Gasteiger partial charge in [0.1, 0.15) is 17.4 Å². The van der Waals surface area contributed by atoms with E-state index in [0.29, 0.717) is 12.5 Å². The summed E-state index contributed by atoms with van der Waals surface area (Å²) in [5.41, 5.74) is 7.08. The van der Waals surface area contributed by atoms with Crippen molar-refractivity contribution in [3.05, 3.63) is 64.7 Å². The minimum absolute atomic E-state index is 0.0318. The summed E-state index contributed by atoms with van der Waals surface area (Å²) in [4.78, 5) is 27.3. The molecule has 2 amide bonds. The smallest absolute Gasteiger partial charge is 0.225 e. The predicted molar refractivity (Wildman–Crippen MR) is 115 cm³/mol. The number of piperidine rings is 1. The molecule has 6 nitrogen and oxygen atoms in total. The van der Waals surface area contributed by atoms with E-state index in [1.807, 2.05) is 13.1 Å². The summed E-state index contributed by atoms with van der Waals surface area (Å²) in [6.45, 7) is 2.91. The van der Waals surface area contributed by atoms with Gasteiger partial charge in [0.2, 0.25) is 11.8 Å². The lowest BCUT2D eigenvalue weighted by molar-refractivity contribution is -0.128. The van der Waals surface area contributed by atoms with Crippen molar-refractivity contribution in [1.82, 2.24) is 10.2 Å². The summed E-state index contributed by atoms with van der Waals surface area (Å²) in [5.74, 6) is -4.00. The zero-order chi connectivity index (χ0) is 23.2. The first-order chi connectivity index (χ1) is 15.1. The molecule has 0 saturated carbocycles. The number of phenols is 1. The van der Waals surface area contributed by atoms with Crippen LogP contribution in [0, 0.1) is 11.6 Å². The average Bonchev–Trinajstić information content (AvgIpc) is 2.72. The quantitative estimate of drug-likeness (QED) is 0.661. The second-order valence-electron chi connectivity index (χ2n) is 9.13. The van der Waals surface area contributed by atoms with Gasteiger partial charge in [0.15, 0.2) is 0 Å². The molecule has 1 aliphatic heterocycles. The molecule has 0 spiro atoms. The fraction of sp³-hybridized carbons (Fsp3) is 0.417. The van der Waals surface area contributed by atoms with Crippen LogP contribution < -0.4 is 11.1 Å². The van der Waals surface area contributed by atoms with E-state index in [4.69, 9.17) is 5.73 Å².